The molecule has 0 bridgehead atoms. The second-order valence-corrected chi connectivity index (χ2v) is 4.11. The Balaban J connectivity index is 2.74. The van der Waals surface area contributed by atoms with Crippen molar-refractivity contribution in [1.29, 1.82) is 0 Å². The zero-order chi connectivity index (χ0) is 8.54. The maximum Gasteiger partial charge on any atom is 0.0697 e. The number of nitrogens with one attached hydrogen (secondary N) is 1. The Labute approximate surface area is 69.0 Å². The summed E-state index contributed by atoms with van der Waals surface area (Å²) in [5.74, 6) is 0. The molecule has 1 saturated heterocycles. The van der Waals surface area contributed by atoms with E-state index in [-0.39, 0.29) is 5.41 Å². The highest BCUT2D eigenvalue weighted by Crippen LogP contribution is 2.38. The third-order valence-corrected chi connectivity index (χ3v) is 3.38. The van der Waals surface area contributed by atoms with Gasteiger partial charge in [0.05, 0.1) is 5.60 Å². The topological polar surface area (TPSA) is 32.3 Å². The van der Waals surface area contributed by atoms with Crippen LogP contribution in [0, 0.1) is 5.41 Å². The van der Waals surface area contributed by atoms with Gasteiger partial charge in [-0.1, -0.05) is 13.8 Å². The van der Waals surface area contributed by atoms with Crippen molar-refractivity contribution in [3.63, 3.8) is 0 Å². The largest absolute Gasteiger partial charge is 0.390 e. The van der Waals surface area contributed by atoms with Crippen LogP contribution in [0.3, 0.4) is 0 Å². The zero-order valence-corrected chi connectivity index (χ0v) is 7.78. The Morgan fingerprint density at radius 3 is 2.45 bits per heavy atom. The molecule has 0 aromatic carbocycles. The van der Waals surface area contributed by atoms with Gasteiger partial charge in [0.1, 0.15) is 0 Å². The van der Waals surface area contributed by atoms with Gasteiger partial charge >= 0.3 is 0 Å². The summed E-state index contributed by atoms with van der Waals surface area (Å²) in [7, 11) is 0. The number of piperidine rings is 1. The van der Waals surface area contributed by atoms with Crippen molar-refractivity contribution in [2.24, 2.45) is 5.41 Å². The lowest BCUT2D eigenvalue weighted by Gasteiger charge is -2.46. The van der Waals surface area contributed by atoms with Gasteiger partial charge in [0.25, 0.3) is 0 Å². The molecule has 0 aliphatic carbocycles. The molecule has 2 atom stereocenters. The first-order chi connectivity index (χ1) is 5.02. The van der Waals surface area contributed by atoms with Crippen molar-refractivity contribution in [2.75, 3.05) is 13.1 Å². The molecule has 66 valence electrons. The summed E-state index contributed by atoms with van der Waals surface area (Å²) in [6, 6.07) is 0. The van der Waals surface area contributed by atoms with E-state index < -0.39 is 5.60 Å². The molecule has 2 heteroatoms. The quantitative estimate of drug-likeness (QED) is 0.598. The minimum absolute atomic E-state index is 0.0608. The van der Waals surface area contributed by atoms with Gasteiger partial charge in [-0.3, -0.25) is 0 Å². The van der Waals surface area contributed by atoms with Crippen molar-refractivity contribution in [1.82, 2.24) is 5.32 Å². The van der Waals surface area contributed by atoms with Gasteiger partial charge in [-0.25, -0.2) is 0 Å². The molecule has 2 unspecified atom stereocenters. The molecule has 1 aliphatic rings. The molecule has 2 nitrogen and oxygen atoms in total. The molecule has 11 heavy (non-hydrogen) atoms. The van der Waals surface area contributed by atoms with E-state index in [1.165, 1.54) is 0 Å². The van der Waals surface area contributed by atoms with Crippen LogP contribution < -0.4 is 5.32 Å². The lowest BCUT2D eigenvalue weighted by Crippen LogP contribution is -2.55. The molecule has 2 N–H and O–H groups in total. The normalized spacial score (nSPS) is 45.8. The fourth-order valence-corrected chi connectivity index (χ4v) is 1.69. The fraction of sp³-hybridized carbons (Fsp3) is 1.00. The van der Waals surface area contributed by atoms with Crippen LogP contribution in [0.15, 0.2) is 0 Å². The van der Waals surface area contributed by atoms with Gasteiger partial charge in [0.2, 0.25) is 0 Å². The first kappa shape index (κ1) is 9.01. The highest BCUT2D eigenvalue weighted by molar-refractivity contribution is 4.97. The van der Waals surface area contributed by atoms with Crippen molar-refractivity contribution < 1.29 is 5.11 Å². The lowest BCUT2D eigenvalue weighted by molar-refractivity contribution is -0.0838. The molecule has 0 amide bonds. The van der Waals surface area contributed by atoms with E-state index in [1.807, 2.05) is 6.92 Å². The molecule has 1 rings (SSSR count). The second kappa shape index (κ2) is 2.76. The second-order valence-electron chi connectivity index (χ2n) is 4.11. The van der Waals surface area contributed by atoms with Crippen LogP contribution in [-0.2, 0) is 0 Å². The van der Waals surface area contributed by atoms with Crippen LogP contribution in [0.2, 0.25) is 0 Å². The minimum Gasteiger partial charge on any atom is -0.390 e. The number of hydrogen-bond donors (Lipinski definition) is 2. The molecule has 0 radical (unpaired) electrons. The maximum absolute atomic E-state index is 10.1. The molecule has 0 saturated carbocycles. The van der Waals surface area contributed by atoms with Gasteiger partial charge in [-0.05, 0) is 26.3 Å². The predicted octanol–water partition coefficient (Wildman–Crippen LogP) is 1.15. The van der Waals surface area contributed by atoms with Crippen LogP contribution >= 0.6 is 0 Å². The smallest absolute Gasteiger partial charge is 0.0697 e. The highest BCUT2D eigenvalue weighted by atomic mass is 16.3. The van der Waals surface area contributed by atoms with E-state index in [1.54, 1.807) is 0 Å². The Morgan fingerprint density at radius 1 is 1.45 bits per heavy atom. The van der Waals surface area contributed by atoms with E-state index in [0.29, 0.717) is 0 Å². The fourth-order valence-electron chi connectivity index (χ4n) is 1.69. The summed E-state index contributed by atoms with van der Waals surface area (Å²) in [5.41, 5.74) is -0.418. The summed E-state index contributed by atoms with van der Waals surface area (Å²) in [4.78, 5) is 0. The van der Waals surface area contributed by atoms with E-state index in [0.717, 1.165) is 25.9 Å². The average molecular weight is 157 g/mol. The van der Waals surface area contributed by atoms with Crippen molar-refractivity contribution in [3.8, 4) is 0 Å². The zero-order valence-electron chi connectivity index (χ0n) is 7.78. The lowest BCUT2D eigenvalue weighted by atomic mass is 9.69. The minimum atomic E-state index is -0.479. The van der Waals surface area contributed by atoms with Gasteiger partial charge in [-0.15, -0.1) is 0 Å². The third kappa shape index (κ3) is 1.42. The Hall–Kier alpha value is -0.0800. The third-order valence-electron chi connectivity index (χ3n) is 3.38. The molecule has 1 aliphatic heterocycles. The molecule has 0 spiro atoms. The summed E-state index contributed by atoms with van der Waals surface area (Å²) < 4.78 is 0. The van der Waals surface area contributed by atoms with E-state index >= 15 is 0 Å². The monoisotopic (exact) mass is 157 g/mol. The molecule has 1 fully saturated rings. The average Bonchev–Trinajstić information content (AvgIpc) is 1.95. The van der Waals surface area contributed by atoms with Gasteiger partial charge in [0.15, 0.2) is 0 Å². The first-order valence-electron chi connectivity index (χ1n) is 4.45. The van der Waals surface area contributed by atoms with Crippen molar-refractivity contribution in [2.45, 2.75) is 39.2 Å². The predicted molar refractivity (Wildman–Crippen MR) is 46.5 cm³/mol. The van der Waals surface area contributed by atoms with Gasteiger partial charge < -0.3 is 10.4 Å². The SMILES string of the molecule is CCC1(C)CNCCC1(C)O. The van der Waals surface area contributed by atoms with E-state index in [2.05, 4.69) is 19.2 Å². The molecular formula is C9H19NO. The maximum atomic E-state index is 10.1. The van der Waals surface area contributed by atoms with Crippen LogP contribution in [-0.4, -0.2) is 23.8 Å². The Kier molecular flexibility index (Phi) is 2.26. The van der Waals surface area contributed by atoms with Crippen LogP contribution in [0.1, 0.15) is 33.6 Å². The number of hydrogen-bond acceptors (Lipinski definition) is 2. The van der Waals surface area contributed by atoms with Crippen LogP contribution in [0.4, 0.5) is 0 Å². The molecule has 0 aromatic rings. The van der Waals surface area contributed by atoms with E-state index in [9.17, 15) is 5.11 Å². The molecule has 0 aromatic heterocycles. The number of aliphatic hydroxyl groups is 1. The van der Waals surface area contributed by atoms with Crippen LogP contribution in [0.5, 0.6) is 0 Å². The summed E-state index contributed by atoms with van der Waals surface area (Å²) in [5, 5.41) is 13.4. The van der Waals surface area contributed by atoms with Gasteiger partial charge in [-0.2, -0.15) is 0 Å². The molecule has 1 heterocycles. The summed E-state index contributed by atoms with van der Waals surface area (Å²) >= 11 is 0. The van der Waals surface area contributed by atoms with Crippen molar-refractivity contribution in [3.05, 3.63) is 0 Å². The Morgan fingerprint density at radius 2 is 2.09 bits per heavy atom. The van der Waals surface area contributed by atoms with E-state index in [4.69, 9.17) is 0 Å². The molecular weight excluding hydrogens is 138 g/mol. The van der Waals surface area contributed by atoms with Crippen LogP contribution in [0.25, 0.3) is 0 Å². The summed E-state index contributed by atoms with van der Waals surface area (Å²) in [6.07, 6.45) is 1.91. The van der Waals surface area contributed by atoms with Crippen molar-refractivity contribution >= 4 is 0 Å². The number of rotatable bonds is 1. The highest BCUT2D eigenvalue weighted by Gasteiger charge is 2.43. The Bertz CT molecular complexity index is 144. The van der Waals surface area contributed by atoms with Gasteiger partial charge in [0, 0.05) is 12.0 Å². The standard InChI is InChI=1S/C9H19NO/c1-4-8(2)7-10-6-5-9(8,3)11/h10-11H,4-7H2,1-3H3. The first-order valence-corrected chi connectivity index (χ1v) is 4.45. The summed E-state index contributed by atoms with van der Waals surface area (Å²) in [6.45, 7) is 8.14.